The molecule has 0 aliphatic carbocycles. The Morgan fingerprint density at radius 1 is 1.33 bits per heavy atom. The number of nitrogens with one attached hydrogen (secondary N) is 1. The van der Waals surface area contributed by atoms with E-state index in [-0.39, 0.29) is 17.9 Å². The lowest BCUT2D eigenvalue weighted by atomic mass is 10.1. The highest BCUT2D eigenvalue weighted by molar-refractivity contribution is 7.89. The number of ether oxygens (including phenoxy) is 1. The van der Waals surface area contributed by atoms with Crippen molar-refractivity contribution in [3.05, 3.63) is 35.4 Å². The monoisotopic (exact) mass is 313 g/mol. The van der Waals surface area contributed by atoms with Crippen molar-refractivity contribution in [2.75, 3.05) is 19.0 Å². The Kier molecular flexibility index (Phi) is 5.33. The first-order valence-corrected chi connectivity index (χ1v) is 8.49. The van der Waals surface area contributed by atoms with Crippen LogP contribution in [0.1, 0.15) is 28.8 Å². The van der Waals surface area contributed by atoms with Crippen LogP contribution in [0.5, 0.6) is 0 Å². The minimum Gasteiger partial charge on any atom is -0.478 e. The first kappa shape index (κ1) is 15.9. The van der Waals surface area contributed by atoms with Crippen molar-refractivity contribution in [2.45, 2.75) is 19.4 Å². The van der Waals surface area contributed by atoms with Crippen molar-refractivity contribution >= 4 is 16.0 Å². The fourth-order valence-corrected chi connectivity index (χ4v) is 3.34. The highest BCUT2D eigenvalue weighted by Gasteiger charge is 2.19. The summed E-state index contributed by atoms with van der Waals surface area (Å²) in [5.74, 6) is -0.578. The van der Waals surface area contributed by atoms with E-state index in [0.717, 1.165) is 12.0 Å². The van der Waals surface area contributed by atoms with Crippen LogP contribution in [0.25, 0.3) is 0 Å². The number of hydrogen-bond donors (Lipinski definition) is 2. The average molecular weight is 313 g/mol. The summed E-state index contributed by atoms with van der Waals surface area (Å²) in [6, 6.07) is 6.14. The van der Waals surface area contributed by atoms with Gasteiger partial charge in [-0.25, -0.2) is 17.9 Å². The molecule has 1 aromatic carbocycles. The molecule has 0 aromatic heterocycles. The number of hydrogen-bond acceptors (Lipinski definition) is 4. The van der Waals surface area contributed by atoms with Crippen molar-refractivity contribution in [2.24, 2.45) is 5.92 Å². The van der Waals surface area contributed by atoms with Crippen LogP contribution in [-0.4, -0.2) is 38.5 Å². The maximum absolute atomic E-state index is 11.9. The quantitative estimate of drug-likeness (QED) is 0.790. The fourth-order valence-electron chi connectivity index (χ4n) is 2.16. The number of carboxylic acid groups (broad SMARTS) is 1. The minimum atomic E-state index is -3.32. The summed E-state index contributed by atoms with van der Waals surface area (Å²) >= 11 is 0. The summed E-state index contributed by atoms with van der Waals surface area (Å²) in [6.45, 7) is 1.53. The Morgan fingerprint density at radius 2 is 2.05 bits per heavy atom. The maximum atomic E-state index is 11.9. The van der Waals surface area contributed by atoms with Crippen LogP contribution in [0.4, 0.5) is 0 Å². The van der Waals surface area contributed by atoms with Crippen molar-refractivity contribution in [1.82, 2.24) is 4.72 Å². The second-order valence-electron chi connectivity index (χ2n) is 5.16. The molecule has 0 bridgehead atoms. The third-order valence-electron chi connectivity index (χ3n) is 3.52. The zero-order valence-corrected chi connectivity index (χ0v) is 12.4. The van der Waals surface area contributed by atoms with Gasteiger partial charge in [-0.2, -0.15) is 0 Å². The van der Waals surface area contributed by atoms with Crippen LogP contribution in [-0.2, 0) is 21.3 Å². The molecule has 1 atom stereocenters. The molecule has 2 rings (SSSR count). The topological polar surface area (TPSA) is 92.7 Å². The van der Waals surface area contributed by atoms with Gasteiger partial charge in [-0.1, -0.05) is 12.1 Å². The summed E-state index contributed by atoms with van der Waals surface area (Å²) in [5, 5.41) is 8.79. The van der Waals surface area contributed by atoms with Gasteiger partial charge in [0.15, 0.2) is 0 Å². The van der Waals surface area contributed by atoms with E-state index in [4.69, 9.17) is 9.84 Å². The van der Waals surface area contributed by atoms with E-state index in [2.05, 4.69) is 4.72 Å². The Labute approximate surface area is 124 Å². The Bertz CT molecular complexity index is 576. The maximum Gasteiger partial charge on any atom is 0.335 e. The van der Waals surface area contributed by atoms with E-state index in [1.54, 1.807) is 12.1 Å². The summed E-state index contributed by atoms with van der Waals surface area (Å²) < 4.78 is 31.5. The van der Waals surface area contributed by atoms with Gasteiger partial charge in [0.1, 0.15) is 0 Å². The molecule has 1 fully saturated rings. The van der Waals surface area contributed by atoms with Crippen LogP contribution in [0.3, 0.4) is 0 Å². The van der Waals surface area contributed by atoms with Gasteiger partial charge in [0.25, 0.3) is 0 Å². The SMILES string of the molecule is O=C(O)c1ccc(CNS(=O)(=O)CCC2CCOC2)cc1. The van der Waals surface area contributed by atoms with E-state index in [0.29, 0.717) is 25.6 Å². The van der Waals surface area contributed by atoms with Crippen LogP contribution in [0.2, 0.25) is 0 Å². The molecule has 7 heteroatoms. The van der Waals surface area contributed by atoms with E-state index >= 15 is 0 Å². The van der Waals surface area contributed by atoms with Crippen molar-refractivity contribution in [3.63, 3.8) is 0 Å². The van der Waals surface area contributed by atoms with E-state index < -0.39 is 16.0 Å². The van der Waals surface area contributed by atoms with Crippen LogP contribution in [0, 0.1) is 5.92 Å². The number of aromatic carboxylic acids is 1. The van der Waals surface area contributed by atoms with E-state index in [9.17, 15) is 13.2 Å². The number of sulfonamides is 1. The number of benzene rings is 1. The third-order valence-corrected chi connectivity index (χ3v) is 4.87. The second kappa shape index (κ2) is 7.02. The fraction of sp³-hybridized carbons (Fsp3) is 0.500. The van der Waals surface area contributed by atoms with Gasteiger partial charge >= 0.3 is 5.97 Å². The lowest BCUT2D eigenvalue weighted by molar-refractivity contribution is 0.0697. The third kappa shape index (κ3) is 5.11. The second-order valence-corrected chi connectivity index (χ2v) is 7.09. The van der Waals surface area contributed by atoms with Gasteiger partial charge in [0, 0.05) is 19.8 Å². The molecule has 21 heavy (non-hydrogen) atoms. The highest BCUT2D eigenvalue weighted by atomic mass is 32.2. The molecule has 1 saturated heterocycles. The summed E-state index contributed by atoms with van der Waals surface area (Å²) in [5.41, 5.74) is 0.913. The predicted molar refractivity (Wildman–Crippen MR) is 77.6 cm³/mol. The van der Waals surface area contributed by atoms with Crippen LogP contribution >= 0.6 is 0 Å². The number of carbonyl (C=O) groups is 1. The highest BCUT2D eigenvalue weighted by Crippen LogP contribution is 2.16. The molecule has 2 N–H and O–H groups in total. The van der Waals surface area contributed by atoms with Gasteiger partial charge < -0.3 is 9.84 Å². The lowest BCUT2D eigenvalue weighted by Crippen LogP contribution is -2.27. The molecule has 116 valence electrons. The zero-order chi connectivity index (χ0) is 15.3. The molecule has 6 nitrogen and oxygen atoms in total. The first-order chi connectivity index (χ1) is 9.96. The lowest BCUT2D eigenvalue weighted by Gasteiger charge is -2.09. The Balaban J connectivity index is 1.81. The molecular formula is C14H19NO5S. The molecule has 0 amide bonds. The van der Waals surface area contributed by atoms with Crippen molar-refractivity contribution in [1.29, 1.82) is 0 Å². The van der Waals surface area contributed by atoms with Gasteiger partial charge in [0.05, 0.1) is 11.3 Å². The van der Waals surface area contributed by atoms with E-state index in [1.165, 1.54) is 12.1 Å². The molecule has 1 unspecified atom stereocenters. The van der Waals surface area contributed by atoms with Gasteiger partial charge in [0.2, 0.25) is 10.0 Å². The van der Waals surface area contributed by atoms with Crippen LogP contribution in [0.15, 0.2) is 24.3 Å². The minimum absolute atomic E-state index is 0.0915. The summed E-state index contributed by atoms with van der Waals surface area (Å²) in [4.78, 5) is 10.7. The molecule has 0 saturated carbocycles. The number of rotatable bonds is 7. The standard InChI is InChI=1S/C14H19NO5S/c16-14(17)13-3-1-11(2-4-13)9-15-21(18,19)8-6-12-5-7-20-10-12/h1-4,12,15H,5-10H2,(H,16,17). The van der Waals surface area contributed by atoms with Gasteiger partial charge in [-0.15, -0.1) is 0 Å². The van der Waals surface area contributed by atoms with Crippen molar-refractivity contribution < 1.29 is 23.1 Å². The molecule has 1 aliphatic heterocycles. The van der Waals surface area contributed by atoms with Crippen LogP contribution < -0.4 is 4.72 Å². The smallest absolute Gasteiger partial charge is 0.335 e. The molecule has 0 radical (unpaired) electrons. The largest absolute Gasteiger partial charge is 0.478 e. The van der Waals surface area contributed by atoms with Gasteiger partial charge in [-0.05, 0) is 36.5 Å². The molecule has 1 aromatic rings. The molecular weight excluding hydrogens is 294 g/mol. The average Bonchev–Trinajstić information content (AvgIpc) is 2.97. The first-order valence-electron chi connectivity index (χ1n) is 6.83. The van der Waals surface area contributed by atoms with Gasteiger partial charge in [-0.3, -0.25) is 0 Å². The number of carboxylic acids is 1. The van der Waals surface area contributed by atoms with Crippen molar-refractivity contribution in [3.8, 4) is 0 Å². The predicted octanol–water partition coefficient (Wildman–Crippen LogP) is 1.23. The summed E-state index contributed by atoms with van der Waals surface area (Å²) in [7, 11) is -3.32. The Hall–Kier alpha value is -1.44. The molecule has 1 aliphatic rings. The van der Waals surface area contributed by atoms with E-state index in [1.807, 2.05) is 0 Å². The molecule has 0 spiro atoms. The zero-order valence-electron chi connectivity index (χ0n) is 11.6. The Morgan fingerprint density at radius 3 is 2.62 bits per heavy atom. The normalized spacial score (nSPS) is 18.8. The summed E-state index contributed by atoms with van der Waals surface area (Å²) in [6.07, 6.45) is 1.53. The molecule has 1 heterocycles.